The molecule has 3 aliphatic rings. The second-order valence-electron chi connectivity index (χ2n) is 9.41. The van der Waals surface area contributed by atoms with Crippen molar-refractivity contribution in [2.24, 2.45) is 11.8 Å². The van der Waals surface area contributed by atoms with E-state index >= 15 is 0 Å². The van der Waals surface area contributed by atoms with Crippen molar-refractivity contribution in [1.29, 1.82) is 0 Å². The molecular formula is C29H33N3O3. The van der Waals surface area contributed by atoms with E-state index in [2.05, 4.69) is 27.9 Å². The van der Waals surface area contributed by atoms with Gasteiger partial charge in [-0.15, -0.1) is 6.58 Å². The van der Waals surface area contributed by atoms with Crippen molar-refractivity contribution in [2.45, 2.75) is 31.8 Å². The molecule has 3 aliphatic heterocycles. The van der Waals surface area contributed by atoms with Gasteiger partial charge in [-0.05, 0) is 80.1 Å². The lowest BCUT2D eigenvalue weighted by Crippen LogP contribution is -2.57. The fraction of sp³-hybridized carbons (Fsp3) is 0.379. The maximum atomic E-state index is 13.7. The van der Waals surface area contributed by atoms with Crippen molar-refractivity contribution < 1.29 is 14.3 Å². The zero-order chi connectivity index (χ0) is 24.4. The molecule has 4 heterocycles. The first-order chi connectivity index (χ1) is 17.1. The number of hydrogen-bond acceptors (Lipinski definition) is 5. The maximum Gasteiger partial charge on any atom is 0.255 e. The van der Waals surface area contributed by atoms with Crippen molar-refractivity contribution in [3.8, 4) is 11.5 Å². The van der Waals surface area contributed by atoms with Crippen LogP contribution in [-0.4, -0.2) is 48.6 Å². The Morgan fingerprint density at radius 1 is 1.29 bits per heavy atom. The Morgan fingerprint density at radius 3 is 2.89 bits per heavy atom. The summed E-state index contributed by atoms with van der Waals surface area (Å²) in [7, 11) is 1.67. The number of benzene rings is 2. The number of para-hydroxylation sites is 1. The highest BCUT2D eigenvalue weighted by Crippen LogP contribution is 2.42. The zero-order valence-electron chi connectivity index (χ0n) is 20.4. The summed E-state index contributed by atoms with van der Waals surface area (Å²) in [6.07, 6.45) is 6.13. The molecular weight excluding hydrogens is 438 g/mol. The number of hydrogen-bond donors (Lipinski definition) is 1. The minimum atomic E-state index is -0.205. The first kappa shape index (κ1) is 23.4. The van der Waals surface area contributed by atoms with Gasteiger partial charge in [0.25, 0.3) is 5.91 Å². The van der Waals surface area contributed by atoms with E-state index in [1.54, 1.807) is 7.11 Å². The molecule has 3 fully saturated rings. The molecule has 0 saturated carbocycles. The average molecular weight is 472 g/mol. The summed E-state index contributed by atoms with van der Waals surface area (Å²) < 4.78 is 11.3. The lowest BCUT2D eigenvalue weighted by molar-refractivity contribution is 0.00168. The number of carbonyl (C=O) groups excluding carboxylic acids is 1. The third-order valence-corrected chi connectivity index (χ3v) is 7.57. The second-order valence-corrected chi connectivity index (χ2v) is 9.41. The number of fused-ring (bicyclic) bond motifs is 4. The van der Waals surface area contributed by atoms with Gasteiger partial charge in [0.05, 0.1) is 30.8 Å². The lowest BCUT2D eigenvalue weighted by atomic mass is 9.73. The summed E-state index contributed by atoms with van der Waals surface area (Å²) in [5, 5.41) is 4.41. The molecule has 1 unspecified atom stereocenters. The predicted octanol–water partition coefficient (Wildman–Crippen LogP) is 5.01. The van der Waals surface area contributed by atoms with Gasteiger partial charge in [-0.1, -0.05) is 18.2 Å². The van der Waals surface area contributed by atoms with Crippen LogP contribution in [0.2, 0.25) is 0 Å². The number of nitrogens with one attached hydrogen (secondary N) is 1. The molecule has 0 spiro atoms. The first-order valence-corrected chi connectivity index (χ1v) is 12.4. The van der Waals surface area contributed by atoms with Gasteiger partial charge < -0.3 is 14.8 Å². The normalized spacial score (nSPS) is 24.1. The number of nitrogens with zero attached hydrogens (tertiary/aromatic N) is 2. The topological polar surface area (TPSA) is 63.7 Å². The van der Waals surface area contributed by atoms with E-state index in [1.807, 2.05) is 61.7 Å². The molecule has 3 saturated heterocycles. The van der Waals surface area contributed by atoms with Gasteiger partial charge in [-0.2, -0.15) is 0 Å². The molecule has 2 bridgehead atoms. The van der Waals surface area contributed by atoms with E-state index in [0.29, 0.717) is 29.8 Å². The number of aromatic nitrogens is 1. The van der Waals surface area contributed by atoms with Crippen LogP contribution in [0.4, 0.5) is 0 Å². The summed E-state index contributed by atoms with van der Waals surface area (Å²) >= 11 is 0. The van der Waals surface area contributed by atoms with E-state index in [-0.39, 0.29) is 18.0 Å². The highest BCUT2D eigenvalue weighted by molar-refractivity contribution is 5.97. The van der Waals surface area contributed by atoms with E-state index in [0.717, 1.165) is 41.7 Å². The van der Waals surface area contributed by atoms with Crippen molar-refractivity contribution in [1.82, 2.24) is 15.2 Å². The molecule has 0 aliphatic carbocycles. The third-order valence-electron chi connectivity index (χ3n) is 7.57. The number of piperidine rings is 3. The molecule has 1 amide bonds. The number of rotatable bonds is 8. The van der Waals surface area contributed by atoms with Crippen LogP contribution in [0.3, 0.4) is 0 Å². The Labute approximate surface area is 206 Å². The van der Waals surface area contributed by atoms with Crippen LogP contribution < -0.4 is 14.8 Å². The minimum Gasteiger partial charge on any atom is -0.497 e. The number of ether oxygens (including phenoxy) is 2. The van der Waals surface area contributed by atoms with Gasteiger partial charge >= 0.3 is 0 Å². The molecule has 1 N–H and O–H groups in total. The summed E-state index contributed by atoms with van der Waals surface area (Å²) in [4.78, 5) is 20.8. The van der Waals surface area contributed by atoms with Gasteiger partial charge in [-0.25, -0.2) is 0 Å². The van der Waals surface area contributed by atoms with Crippen LogP contribution >= 0.6 is 0 Å². The fourth-order valence-electron chi connectivity index (χ4n) is 5.80. The highest BCUT2D eigenvalue weighted by atomic mass is 16.5. The van der Waals surface area contributed by atoms with Crippen LogP contribution in [0.25, 0.3) is 10.9 Å². The van der Waals surface area contributed by atoms with Gasteiger partial charge in [0.15, 0.2) is 0 Å². The van der Waals surface area contributed by atoms with Gasteiger partial charge in [0.2, 0.25) is 0 Å². The molecule has 3 aromatic rings. The van der Waals surface area contributed by atoms with Crippen molar-refractivity contribution in [3.05, 3.63) is 78.5 Å². The predicted molar refractivity (Wildman–Crippen MR) is 138 cm³/mol. The van der Waals surface area contributed by atoms with E-state index < -0.39 is 0 Å². The van der Waals surface area contributed by atoms with Crippen molar-refractivity contribution >= 4 is 16.8 Å². The SMILES string of the molecule is C=C[C@H]1CN2CC[C@H]1C[C@@H]2[C@H](NC(=O)c1ccccc1OCC)c1ccnc2ccc(OC)cc12. The van der Waals surface area contributed by atoms with Crippen molar-refractivity contribution in [3.63, 3.8) is 0 Å². The quantitative estimate of drug-likeness (QED) is 0.468. The molecule has 5 atom stereocenters. The van der Waals surface area contributed by atoms with Gasteiger partial charge in [-0.3, -0.25) is 14.7 Å². The van der Waals surface area contributed by atoms with Crippen LogP contribution in [-0.2, 0) is 0 Å². The maximum absolute atomic E-state index is 13.7. The van der Waals surface area contributed by atoms with E-state index in [1.165, 1.54) is 6.42 Å². The van der Waals surface area contributed by atoms with Crippen LogP contribution in [0.1, 0.15) is 41.7 Å². The zero-order valence-corrected chi connectivity index (χ0v) is 20.4. The number of carbonyl (C=O) groups is 1. The average Bonchev–Trinajstić information content (AvgIpc) is 2.91. The number of methoxy groups -OCH3 is 1. The Hall–Kier alpha value is -3.38. The molecule has 0 radical (unpaired) electrons. The Morgan fingerprint density at radius 2 is 2.14 bits per heavy atom. The monoisotopic (exact) mass is 471 g/mol. The molecule has 35 heavy (non-hydrogen) atoms. The lowest BCUT2D eigenvalue weighted by Gasteiger charge is -2.51. The standard InChI is InChI=1S/C29H33N3O3/c1-4-19-18-32-15-13-20(19)16-26(32)28(31-29(33)23-8-6-7-9-27(23)35-5-2)22-12-14-30-25-11-10-21(34-3)17-24(22)25/h4,6-12,14,17,19-20,26,28H,1,5,13,15-16,18H2,2-3H3,(H,31,33)/t19-,20-,26+,28+/m0/s1. The van der Waals surface area contributed by atoms with E-state index in [9.17, 15) is 4.79 Å². The van der Waals surface area contributed by atoms with Crippen LogP contribution in [0, 0.1) is 11.8 Å². The number of amides is 1. The highest BCUT2D eigenvalue weighted by Gasteiger charge is 2.43. The van der Waals surface area contributed by atoms with E-state index in [4.69, 9.17) is 9.47 Å². The third kappa shape index (κ3) is 4.50. The summed E-state index contributed by atoms with van der Waals surface area (Å²) in [6, 6.07) is 15.4. The van der Waals surface area contributed by atoms with Gasteiger partial charge in [0, 0.05) is 24.2 Å². The molecule has 6 heteroatoms. The molecule has 2 aromatic carbocycles. The largest absolute Gasteiger partial charge is 0.497 e. The van der Waals surface area contributed by atoms with Crippen molar-refractivity contribution in [2.75, 3.05) is 26.8 Å². The molecule has 6 rings (SSSR count). The molecule has 1 aromatic heterocycles. The van der Waals surface area contributed by atoms with Gasteiger partial charge in [0.1, 0.15) is 11.5 Å². The van der Waals surface area contributed by atoms with Crippen LogP contribution in [0.15, 0.2) is 67.4 Å². The second kappa shape index (κ2) is 10.1. The fourth-order valence-corrected chi connectivity index (χ4v) is 5.80. The Balaban J connectivity index is 1.57. The minimum absolute atomic E-state index is 0.130. The Bertz CT molecular complexity index is 1230. The smallest absolute Gasteiger partial charge is 0.255 e. The first-order valence-electron chi connectivity index (χ1n) is 12.4. The summed E-state index contributed by atoms with van der Waals surface area (Å²) in [5.41, 5.74) is 2.50. The Kier molecular flexibility index (Phi) is 6.73. The molecule has 182 valence electrons. The summed E-state index contributed by atoms with van der Waals surface area (Å²) in [5.74, 6) is 2.33. The summed E-state index contributed by atoms with van der Waals surface area (Å²) in [6.45, 7) is 8.52. The van der Waals surface area contributed by atoms with Crippen LogP contribution in [0.5, 0.6) is 11.5 Å². The number of pyridine rings is 1. The molecule has 6 nitrogen and oxygen atoms in total.